The molecule has 2 radical (unpaired) electrons. The van der Waals surface area contributed by atoms with Gasteiger partial charge in [-0.2, -0.15) is 0 Å². The first-order valence-corrected chi connectivity index (χ1v) is 4.68. The third-order valence-electron chi connectivity index (χ3n) is 1.54. The van der Waals surface area contributed by atoms with Crippen LogP contribution in [0.2, 0.25) is 0 Å². The van der Waals surface area contributed by atoms with Gasteiger partial charge in [-0.25, -0.2) is 0 Å². The Morgan fingerprint density at radius 3 is 1.80 bits per heavy atom. The van der Waals surface area contributed by atoms with E-state index in [0.29, 0.717) is 0 Å². The van der Waals surface area contributed by atoms with Gasteiger partial charge in [0.15, 0.2) is 0 Å². The van der Waals surface area contributed by atoms with E-state index in [4.69, 9.17) is 0 Å². The third kappa shape index (κ3) is 2.57. The van der Waals surface area contributed by atoms with Gasteiger partial charge in [0, 0.05) is 0 Å². The van der Waals surface area contributed by atoms with Crippen molar-refractivity contribution in [2.45, 2.75) is 13.8 Å². The van der Waals surface area contributed by atoms with Crippen LogP contribution in [-0.4, -0.2) is 52.1 Å². The zero-order chi connectivity index (χ0) is 6.85. The standard InChI is InChI=1S/C8H9.Na.Sn.2H/c1-7-4-3-5-8(2)6-7;;;;/h3-5H,1-2H3;;;;. The first-order valence-electron chi connectivity index (χ1n) is 3.03. The van der Waals surface area contributed by atoms with Gasteiger partial charge in [0.25, 0.3) is 0 Å². The molecule has 0 bridgehead atoms. The first-order chi connectivity index (χ1) is 4.22. The number of rotatable bonds is 0. The molecular formula is C8H11NaSn. The van der Waals surface area contributed by atoms with Crippen LogP contribution in [0.15, 0.2) is 18.2 Å². The van der Waals surface area contributed by atoms with Crippen LogP contribution in [0.3, 0.4) is 0 Å². The Kier molecular flexibility index (Phi) is 5.30. The molecule has 0 fully saturated rings. The van der Waals surface area contributed by atoms with Crippen LogP contribution in [0, 0.1) is 13.8 Å². The Labute approximate surface area is 97.8 Å². The van der Waals surface area contributed by atoms with Crippen LogP contribution < -0.4 is 3.58 Å². The molecule has 0 saturated heterocycles. The minimum atomic E-state index is 0. The average Bonchev–Trinajstić information content (AvgIpc) is 1.83. The molecule has 0 heterocycles. The number of benzene rings is 1. The summed E-state index contributed by atoms with van der Waals surface area (Å²) in [6.45, 7) is 4.35. The molecule has 0 unspecified atom stereocenters. The number of hydrogen-bond acceptors (Lipinski definition) is 0. The molecule has 1 aromatic carbocycles. The number of hydrogen-bond donors (Lipinski definition) is 0. The summed E-state index contributed by atoms with van der Waals surface area (Å²) in [5, 5.41) is 0. The van der Waals surface area contributed by atoms with E-state index in [0.717, 1.165) is 0 Å². The van der Waals surface area contributed by atoms with E-state index in [1.807, 2.05) is 0 Å². The Morgan fingerprint density at radius 2 is 1.50 bits per heavy atom. The van der Waals surface area contributed by atoms with Gasteiger partial charge in [-0.3, -0.25) is 0 Å². The molecule has 0 N–H and O–H groups in total. The van der Waals surface area contributed by atoms with E-state index >= 15 is 0 Å². The van der Waals surface area contributed by atoms with Crippen molar-refractivity contribution < 1.29 is 0 Å². The minimum absolute atomic E-state index is 0. The second-order valence-corrected chi connectivity index (χ2v) is 3.95. The van der Waals surface area contributed by atoms with Crippen LogP contribution in [0.4, 0.5) is 0 Å². The van der Waals surface area contributed by atoms with E-state index in [9.17, 15) is 0 Å². The van der Waals surface area contributed by atoms with Crippen molar-refractivity contribution >= 4 is 55.7 Å². The molecule has 0 aliphatic heterocycles. The first kappa shape index (κ1) is 11.0. The molecule has 2 heteroatoms. The van der Waals surface area contributed by atoms with E-state index in [1.165, 1.54) is 33.7 Å². The van der Waals surface area contributed by atoms with Crippen LogP contribution in [0.1, 0.15) is 11.1 Å². The normalized spacial score (nSPS) is 8.70. The van der Waals surface area contributed by atoms with E-state index in [1.54, 1.807) is 3.58 Å². The molecule has 1 rings (SSSR count). The van der Waals surface area contributed by atoms with Crippen LogP contribution in [-0.2, 0) is 0 Å². The van der Waals surface area contributed by atoms with Gasteiger partial charge in [0.2, 0.25) is 0 Å². The van der Waals surface area contributed by atoms with E-state index < -0.39 is 0 Å². The van der Waals surface area contributed by atoms with Gasteiger partial charge < -0.3 is 0 Å². The fourth-order valence-corrected chi connectivity index (χ4v) is 1.38. The van der Waals surface area contributed by atoms with E-state index in [2.05, 4.69) is 32.0 Å². The van der Waals surface area contributed by atoms with Crippen molar-refractivity contribution in [3.8, 4) is 0 Å². The average molecular weight is 249 g/mol. The summed E-state index contributed by atoms with van der Waals surface area (Å²) >= 11 is 1.24. The maximum absolute atomic E-state index is 2.17. The zero-order valence-electron chi connectivity index (χ0n) is 5.81. The van der Waals surface area contributed by atoms with Crippen molar-refractivity contribution in [2.24, 2.45) is 0 Å². The van der Waals surface area contributed by atoms with E-state index in [-0.39, 0.29) is 29.6 Å². The Bertz CT molecular complexity index is 200. The molecule has 10 heavy (non-hydrogen) atoms. The zero-order valence-corrected chi connectivity index (χ0v) is 9.11. The van der Waals surface area contributed by atoms with Crippen molar-refractivity contribution in [1.29, 1.82) is 0 Å². The van der Waals surface area contributed by atoms with Gasteiger partial charge in [0.1, 0.15) is 0 Å². The van der Waals surface area contributed by atoms with Crippen molar-refractivity contribution in [1.82, 2.24) is 0 Å². The predicted molar refractivity (Wildman–Crippen MR) is 49.8 cm³/mol. The second-order valence-electron chi connectivity index (χ2n) is 2.31. The maximum atomic E-state index is 2.17. The van der Waals surface area contributed by atoms with Gasteiger partial charge in [-0.05, 0) is 0 Å². The van der Waals surface area contributed by atoms with Crippen LogP contribution in [0.25, 0.3) is 0 Å². The van der Waals surface area contributed by atoms with Crippen LogP contribution in [0.5, 0.6) is 0 Å². The predicted octanol–water partition coefficient (Wildman–Crippen LogP) is 0.181. The summed E-state index contributed by atoms with van der Waals surface area (Å²) in [5.41, 5.74) is 2.88. The molecule has 0 amide bonds. The van der Waals surface area contributed by atoms with Gasteiger partial charge in [-0.1, -0.05) is 0 Å². The fraction of sp³-hybridized carbons (Fsp3) is 0.250. The van der Waals surface area contributed by atoms with Gasteiger partial charge >= 0.3 is 98.8 Å². The molecule has 1 aromatic rings. The fourth-order valence-electron chi connectivity index (χ4n) is 0.827. The molecular weight excluding hydrogens is 238 g/mol. The summed E-state index contributed by atoms with van der Waals surface area (Å²) in [6, 6.07) is 6.46. The molecule has 0 aliphatic carbocycles. The third-order valence-corrected chi connectivity index (χ3v) is 4.14. The van der Waals surface area contributed by atoms with Crippen molar-refractivity contribution in [2.75, 3.05) is 0 Å². The van der Waals surface area contributed by atoms with Crippen molar-refractivity contribution in [3.63, 3.8) is 0 Å². The molecule has 0 nitrogen and oxygen atoms in total. The van der Waals surface area contributed by atoms with Crippen molar-refractivity contribution in [3.05, 3.63) is 29.3 Å². The molecule has 0 spiro atoms. The molecule has 0 saturated carbocycles. The molecule has 48 valence electrons. The summed E-state index contributed by atoms with van der Waals surface area (Å²) in [7, 11) is 0. The monoisotopic (exact) mass is 250 g/mol. The van der Waals surface area contributed by atoms with Gasteiger partial charge in [-0.15, -0.1) is 0 Å². The Balaban J connectivity index is 0.000000810. The molecule has 0 aromatic heterocycles. The Morgan fingerprint density at radius 1 is 1.10 bits per heavy atom. The molecule has 0 atom stereocenters. The quantitative estimate of drug-likeness (QED) is 0.575. The summed E-state index contributed by atoms with van der Waals surface area (Å²) < 4.78 is 1.54. The summed E-state index contributed by atoms with van der Waals surface area (Å²) in [6.07, 6.45) is 0. The Hall–Kier alpha value is 1.02. The summed E-state index contributed by atoms with van der Waals surface area (Å²) in [4.78, 5) is 0. The second kappa shape index (κ2) is 4.81. The van der Waals surface area contributed by atoms with Gasteiger partial charge in [0.05, 0.1) is 0 Å². The summed E-state index contributed by atoms with van der Waals surface area (Å²) in [5.74, 6) is 0. The number of aryl methyl sites for hydroxylation is 2. The molecule has 0 aliphatic rings. The topological polar surface area (TPSA) is 0 Å². The SMILES string of the molecule is Cc1cccc(C)[c]1[SnH].[NaH]. The van der Waals surface area contributed by atoms with Crippen LogP contribution >= 0.6 is 0 Å².